The lowest BCUT2D eigenvalue weighted by atomic mass is 10.1. The largest absolute Gasteiger partial charge is 0.573 e. The van der Waals surface area contributed by atoms with Crippen LogP contribution in [0, 0.1) is 0 Å². The number of benzene rings is 1. The van der Waals surface area contributed by atoms with Gasteiger partial charge in [-0.1, -0.05) is 5.16 Å². The number of amides is 2. The van der Waals surface area contributed by atoms with E-state index in [1.54, 1.807) is 16.8 Å². The van der Waals surface area contributed by atoms with E-state index in [2.05, 4.69) is 15.2 Å². The zero-order valence-corrected chi connectivity index (χ0v) is 14.1. The number of thiophene rings is 1. The number of hydrogen-bond acceptors (Lipinski definition) is 6. The Morgan fingerprint density at radius 3 is 2.44 bits per heavy atom. The van der Waals surface area contributed by atoms with Crippen molar-refractivity contribution in [3.63, 3.8) is 0 Å². The van der Waals surface area contributed by atoms with Crippen LogP contribution < -0.4 is 15.8 Å². The van der Waals surface area contributed by atoms with Gasteiger partial charge in [0, 0.05) is 16.5 Å². The smallest absolute Gasteiger partial charge is 0.406 e. The van der Waals surface area contributed by atoms with Crippen LogP contribution in [0.5, 0.6) is 5.75 Å². The molecule has 0 aliphatic heterocycles. The molecule has 1 aromatic carbocycles. The Morgan fingerprint density at radius 2 is 1.89 bits per heavy atom. The van der Waals surface area contributed by atoms with Gasteiger partial charge in [-0.3, -0.25) is 14.9 Å². The van der Waals surface area contributed by atoms with Gasteiger partial charge in [0.1, 0.15) is 17.0 Å². The second-order valence-electron chi connectivity index (χ2n) is 5.14. The molecule has 2 amide bonds. The van der Waals surface area contributed by atoms with Gasteiger partial charge in [-0.2, -0.15) is 11.3 Å². The van der Waals surface area contributed by atoms with Crippen molar-refractivity contribution in [2.45, 2.75) is 6.36 Å². The molecule has 140 valence electrons. The van der Waals surface area contributed by atoms with E-state index in [9.17, 15) is 22.8 Å². The van der Waals surface area contributed by atoms with Crippen molar-refractivity contribution < 1.29 is 32.0 Å². The molecule has 2 heterocycles. The summed E-state index contributed by atoms with van der Waals surface area (Å²) in [5.41, 5.74) is 6.01. The van der Waals surface area contributed by atoms with Crippen LogP contribution >= 0.6 is 11.3 Å². The first-order valence-corrected chi connectivity index (χ1v) is 8.18. The molecule has 3 N–H and O–H groups in total. The van der Waals surface area contributed by atoms with Crippen LogP contribution in [-0.4, -0.2) is 23.3 Å². The lowest BCUT2D eigenvalue weighted by Gasteiger charge is -2.09. The van der Waals surface area contributed by atoms with Gasteiger partial charge in [-0.15, -0.1) is 13.2 Å². The van der Waals surface area contributed by atoms with Crippen LogP contribution in [0.3, 0.4) is 0 Å². The number of aromatic nitrogens is 1. The molecule has 27 heavy (non-hydrogen) atoms. The number of nitrogens with zero attached hydrogens (tertiary/aromatic N) is 1. The van der Waals surface area contributed by atoms with Crippen molar-refractivity contribution in [2.24, 2.45) is 5.73 Å². The van der Waals surface area contributed by atoms with Gasteiger partial charge in [0.2, 0.25) is 5.88 Å². The molecule has 2 aromatic heterocycles. The highest BCUT2D eigenvalue weighted by molar-refractivity contribution is 7.08. The number of ether oxygens (including phenoxy) is 1. The Kier molecular flexibility index (Phi) is 4.86. The third-order valence-electron chi connectivity index (χ3n) is 3.31. The number of nitrogens with one attached hydrogen (secondary N) is 1. The molecule has 0 bridgehead atoms. The summed E-state index contributed by atoms with van der Waals surface area (Å²) in [5.74, 6) is -2.33. The van der Waals surface area contributed by atoms with E-state index in [4.69, 9.17) is 10.3 Å². The Morgan fingerprint density at radius 1 is 1.19 bits per heavy atom. The van der Waals surface area contributed by atoms with Gasteiger partial charge in [0.15, 0.2) is 0 Å². The average Bonchev–Trinajstić information content (AvgIpc) is 3.22. The molecule has 7 nitrogen and oxygen atoms in total. The molecule has 0 saturated heterocycles. The van der Waals surface area contributed by atoms with Crippen LogP contribution in [0.25, 0.3) is 11.3 Å². The van der Waals surface area contributed by atoms with Crippen LogP contribution in [-0.2, 0) is 0 Å². The molecule has 0 aliphatic carbocycles. The minimum Gasteiger partial charge on any atom is -0.406 e. The molecular formula is C16H10F3N3O4S. The molecule has 3 aromatic rings. The van der Waals surface area contributed by atoms with Gasteiger partial charge in [0.05, 0.1) is 0 Å². The van der Waals surface area contributed by atoms with Crippen molar-refractivity contribution in [1.29, 1.82) is 0 Å². The fraction of sp³-hybridized carbons (Fsp3) is 0.0625. The van der Waals surface area contributed by atoms with Crippen LogP contribution in [0.15, 0.2) is 45.6 Å². The predicted octanol–water partition coefficient (Wildman–Crippen LogP) is 3.65. The zero-order valence-electron chi connectivity index (χ0n) is 13.2. The third kappa shape index (κ3) is 4.26. The van der Waals surface area contributed by atoms with Gasteiger partial charge in [-0.05, 0) is 35.7 Å². The van der Waals surface area contributed by atoms with Crippen LogP contribution in [0.1, 0.15) is 20.7 Å². The van der Waals surface area contributed by atoms with E-state index < -0.39 is 23.9 Å². The summed E-state index contributed by atoms with van der Waals surface area (Å²) in [5, 5.41) is 9.56. The minimum atomic E-state index is -4.84. The van der Waals surface area contributed by atoms with E-state index in [0.717, 1.165) is 24.3 Å². The number of hydrogen-bond donors (Lipinski definition) is 2. The highest BCUT2D eigenvalue weighted by Crippen LogP contribution is 2.30. The molecule has 11 heteroatoms. The number of primary amides is 1. The first kappa shape index (κ1) is 18.5. The first-order valence-electron chi connectivity index (χ1n) is 7.24. The van der Waals surface area contributed by atoms with Gasteiger partial charge >= 0.3 is 6.36 Å². The quantitative estimate of drug-likeness (QED) is 0.683. The fourth-order valence-electron chi connectivity index (χ4n) is 2.18. The standard InChI is InChI=1S/C16H10F3N3O4S/c17-16(18,19)25-10-3-1-8(2-4-10)14(24)21-15-11(13(20)23)12(22-26-15)9-5-6-27-7-9/h1-7H,(H2,20,23)(H,21,24). The van der Waals surface area contributed by atoms with Gasteiger partial charge in [0.25, 0.3) is 11.8 Å². The maximum absolute atomic E-state index is 12.3. The summed E-state index contributed by atoms with van der Waals surface area (Å²) in [6.45, 7) is 0. The summed E-state index contributed by atoms with van der Waals surface area (Å²) in [4.78, 5) is 24.0. The molecule has 0 saturated carbocycles. The Bertz CT molecular complexity index is 966. The van der Waals surface area contributed by atoms with Gasteiger partial charge < -0.3 is 15.0 Å². The van der Waals surface area contributed by atoms with E-state index in [0.29, 0.717) is 5.56 Å². The van der Waals surface area contributed by atoms with E-state index in [1.807, 2.05) is 0 Å². The molecule has 0 unspecified atom stereocenters. The zero-order chi connectivity index (χ0) is 19.6. The summed E-state index contributed by atoms with van der Waals surface area (Å²) in [7, 11) is 0. The second-order valence-corrected chi connectivity index (χ2v) is 5.92. The lowest BCUT2D eigenvalue weighted by molar-refractivity contribution is -0.274. The summed E-state index contributed by atoms with van der Waals surface area (Å²) >= 11 is 1.37. The maximum atomic E-state index is 12.3. The predicted molar refractivity (Wildman–Crippen MR) is 89.4 cm³/mol. The number of carbonyl (C=O) groups is 2. The lowest BCUT2D eigenvalue weighted by Crippen LogP contribution is -2.18. The number of rotatable bonds is 5. The maximum Gasteiger partial charge on any atom is 0.573 e. The Labute approximate surface area is 153 Å². The molecular weight excluding hydrogens is 387 g/mol. The van der Waals surface area contributed by atoms with E-state index >= 15 is 0 Å². The SMILES string of the molecule is NC(=O)c1c(-c2ccsc2)noc1NC(=O)c1ccc(OC(F)(F)F)cc1. The van der Waals surface area contributed by atoms with Crippen LogP contribution in [0.2, 0.25) is 0 Å². The number of nitrogens with two attached hydrogens (primary N) is 1. The van der Waals surface area contributed by atoms with Crippen molar-refractivity contribution in [1.82, 2.24) is 5.16 Å². The van der Waals surface area contributed by atoms with E-state index in [-0.39, 0.29) is 22.7 Å². The topological polar surface area (TPSA) is 107 Å². The molecule has 0 aliphatic rings. The molecule has 0 fully saturated rings. The first-order chi connectivity index (χ1) is 12.7. The highest BCUT2D eigenvalue weighted by atomic mass is 32.1. The summed E-state index contributed by atoms with van der Waals surface area (Å²) in [6, 6.07) is 5.90. The molecule has 0 radical (unpaired) electrons. The van der Waals surface area contributed by atoms with Crippen molar-refractivity contribution in [3.8, 4) is 17.0 Å². The number of alkyl halides is 3. The monoisotopic (exact) mass is 397 g/mol. The molecule has 0 atom stereocenters. The molecule has 0 spiro atoms. The third-order valence-corrected chi connectivity index (χ3v) is 3.99. The molecule has 3 rings (SSSR count). The average molecular weight is 397 g/mol. The van der Waals surface area contributed by atoms with Gasteiger partial charge in [-0.25, -0.2) is 0 Å². The number of anilines is 1. The summed E-state index contributed by atoms with van der Waals surface area (Å²) < 4.78 is 45.2. The van der Waals surface area contributed by atoms with Crippen molar-refractivity contribution >= 4 is 29.0 Å². The van der Waals surface area contributed by atoms with Crippen molar-refractivity contribution in [3.05, 3.63) is 52.2 Å². The Balaban J connectivity index is 1.81. The summed E-state index contributed by atoms with van der Waals surface area (Å²) in [6.07, 6.45) is -4.84. The number of halogens is 3. The Hall–Kier alpha value is -3.34. The second kappa shape index (κ2) is 7.11. The van der Waals surface area contributed by atoms with Crippen LogP contribution in [0.4, 0.5) is 19.1 Å². The number of carbonyl (C=O) groups excluding carboxylic acids is 2. The van der Waals surface area contributed by atoms with E-state index in [1.165, 1.54) is 11.3 Å². The van der Waals surface area contributed by atoms with Crippen molar-refractivity contribution in [2.75, 3.05) is 5.32 Å². The highest BCUT2D eigenvalue weighted by Gasteiger charge is 2.31. The minimum absolute atomic E-state index is 0.00780. The fourth-order valence-corrected chi connectivity index (χ4v) is 2.82. The normalized spacial score (nSPS) is 11.2.